The first-order chi connectivity index (χ1) is 30.7. The Morgan fingerprint density at radius 2 is 0.774 bits per heavy atom. The van der Waals surface area contributed by atoms with Crippen molar-refractivity contribution >= 4 is 61.0 Å². The summed E-state index contributed by atoms with van der Waals surface area (Å²) in [6.07, 6.45) is 0. The Bertz CT molecular complexity index is 3280. The number of fused-ring (bicyclic) bond motifs is 4. The van der Waals surface area contributed by atoms with Crippen LogP contribution in [-0.4, -0.2) is 11.6 Å². The van der Waals surface area contributed by atoms with Gasteiger partial charge in [-0.2, -0.15) is 0 Å². The molecule has 0 aliphatic heterocycles. The predicted octanol–water partition coefficient (Wildman–Crippen LogP) is 16.2. The molecule has 0 radical (unpaired) electrons. The lowest BCUT2D eigenvalue weighted by atomic mass is 10.0. The highest BCUT2D eigenvalue weighted by atomic mass is 15.1. The van der Waals surface area contributed by atoms with Crippen molar-refractivity contribution < 1.29 is 0 Å². The molecule has 11 rings (SSSR count). The minimum absolute atomic E-state index is 1.10. The van der Waals surface area contributed by atoms with E-state index in [4.69, 9.17) is 0 Å². The highest BCUT2D eigenvalue weighted by molar-refractivity contribution is 6.09. The molecule has 0 N–H and O–H groups in total. The van der Waals surface area contributed by atoms with Gasteiger partial charge in [-0.05, 0) is 117 Å². The summed E-state index contributed by atoms with van der Waals surface area (Å²) in [6, 6.07) is 87.6. The minimum Gasteiger partial charge on any atom is -0.344 e. The third-order valence-electron chi connectivity index (χ3n) is 12.2. The summed E-state index contributed by atoms with van der Waals surface area (Å²) in [6.45, 7) is 0. The minimum atomic E-state index is 1.10. The fourth-order valence-electron chi connectivity index (χ4n) is 9.02. The number of aromatic nitrogens is 1. The van der Waals surface area contributed by atoms with Crippen LogP contribution in [0.15, 0.2) is 243 Å². The Kier molecular flexibility index (Phi) is 9.40. The van der Waals surface area contributed by atoms with Crippen LogP contribution < -0.4 is 9.80 Å². The van der Waals surface area contributed by atoms with Gasteiger partial charge in [0.15, 0.2) is 0 Å². The molecule has 62 heavy (non-hydrogen) atoms. The molecular formula is C59H43N3. The number of benzene rings is 10. The molecule has 0 saturated carbocycles. The molecule has 0 spiro atoms. The molecule has 0 aliphatic carbocycles. The van der Waals surface area contributed by atoms with Gasteiger partial charge in [-0.25, -0.2) is 0 Å². The standard InChI is InChI=1S/C59H43N3/c1-60(57-20-10-7-17-54(57)47-14-3-2-4-15-47)49-32-23-43(24-33-49)44-25-34-50(35-26-44)61(53-40-31-42-13-5-6-16-48(42)41-53)51-36-27-45(28-37-51)46-29-38-52(39-30-46)62-58-21-11-8-18-55(58)56-19-9-12-22-59(56)62/h2-41H,1H3. The normalized spacial score (nSPS) is 11.3. The predicted molar refractivity (Wildman–Crippen MR) is 264 cm³/mol. The molecule has 0 atom stereocenters. The van der Waals surface area contributed by atoms with Crippen molar-refractivity contribution in [2.24, 2.45) is 0 Å². The van der Waals surface area contributed by atoms with Crippen LogP contribution in [0.4, 0.5) is 28.4 Å². The van der Waals surface area contributed by atoms with Crippen molar-refractivity contribution in [3.05, 3.63) is 243 Å². The number of hydrogen-bond donors (Lipinski definition) is 0. The number of hydrogen-bond acceptors (Lipinski definition) is 2. The molecule has 0 unspecified atom stereocenters. The molecular weight excluding hydrogens is 751 g/mol. The summed E-state index contributed by atoms with van der Waals surface area (Å²) < 4.78 is 2.37. The van der Waals surface area contributed by atoms with Gasteiger partial charge in [-0.3, -0.25) is 0 Å². The van der Waals surface area contributed by atoms with E-state index in [2.05, 4.69) is 264 Å². The lowest BCUT2D eigenvalue weighted by Crippen LogP contribution is -2.10. The summed E-state index contributed by atoms with van der Waals surface area (Å²) in [5.74, 6) is 0. The van der Waals surface area contributed by atoms with E-state index >= 15 is 0 Å². The third kappa shape index (κ3) is 6.76. The van der Waals surface area contributed by atoms with Gasteiger partial charge in [0.1, 0.15) is 0 Å². The fourth-order valence-corrected chi connectivity index (χ4v) is 9.02. The van der Waals surface area contributed by atoms with Gasteiger partial charge in [0, 0.05) is 57.5 Å². The zero-order valence-corrected chi connectivity index (χ0v) is 34.4. The monoisotopic (exact) mass is 793 g/mol. The van der Waals surface area contributed by atoms with Crippen molar-refractivity contribution in [3.63, 3.8) is 0 Å². The summed E-state index contributed by atoms with van der Waals surface area (Å²) in [4.78, 5) is 4.62. The van der Waals surface area contributed by atoms with Crippen LogP contribution in [0.5, 0.6) is 0 Å². The fraction of sp³-hybridized carbons (Fsp3) is 0.0169. The van der Waals surface area contributed by atoms with Crippen molar-refractivity contribution in [1.29, 1.82) is 0 Å². The van der Waals surface area contributed by atoms with Crippen molar-refractivity contribution in [2.45, 2.75) is 0 Å². The second-order valence-corrected chi connectivity index (χ2v) is 15.9. The Morgan fingerprint density at radius 3 is 1.37 bits per heavy atom. The van der Waals surface area contributed by atoms with Crippen LogP contribution in [0, 0.1) is 0 Å². The van der Waals surface area contributed by atoms with Crippen molar-refractivity contribution in [3.8, 4) is 39.1 Å². The first-order valence-electron chi connectivity index (χ1n) is 21.2. The maximum absolute atomic E-state index is 2.37. The molecule has 0 fully saturated rings. The van der Waals surface area contributed by atoms with E-state index < -0.39 is 0 Å². The van der Waals surface area contributed by atoms with Crippen LogP contribution in [-0.2, 0) is 0 Å². The second kappa shape index (κ2) is 15.8. The molecule has 1 heterocycles. The van der Waals surface area contributed by atoms with E-state index in [-0.39, 0.29) is 0 Å². The molecule has 3 heteroatoms. The first-order valence-corrected chi connectivity index (χ1v) is 21.2. The van der Waals surface area contributed by atoms with Gasteiger partial charge < -0.3 is 14.4 Å². The van der Waals surface area contributed by atoms with Crippen LogP contribution in [0.2, 0.25) is 0 Å². The second-order valence-electron chi connectivity index (χ2n) is 15.9. The number of nitrogens with zero attached hydrogens (tertiary/aromatic N) is 3. The van der Waals surface area contributed by atoms with Crippen LogP contribution in [0.25, 0.3) is 71.6 Å². The SMILES string of the molecule is CN(c1ccc(-c2ccc(N(c3ccc(-c4ccc(-n5c6ccccc6c6ccccc65)cc4)cc3)c3ccc4ccccc4c3)cc2)cc1)c1ccccc1-c1ccccc1. The molecule has 0 saturated heterocycles. The Balaban J connectivity index is 0.886. The Hall–Kier alpha value is -8.14. The number of para-hydroxylation sites is 3. The van der Waals surface area contributed by atoms with E-state index in [0.29, 0.717) is 0 Å². The van der Waals surface area contributed by atoms with Gasteiger partial charge in [0.25, 0.3) is 0 Å². The largest absolute Gasteiger partial charge is 0.344 e. The Labute approximate surface area is 362 Å². The third-order valence-corrected chi connectivity index (χ3v) is 12.2. The molecule has 0 bridgehead atoms. The average molecular weight is 794 g/mol. The van der Waals surface area contributed by atoms with Gasteiger partial charge in [-0.1, -0.05) is 164 Å². The molecule has 0 aliphatic rings. The number of anilines is 5. The first kappa shape index (κ1) is 36.9. The quantitative estimate of drug-likeness (QED) is 0.144. The highest BCUT2D eigenvalue weighted by Crippen LogP contribution is 2.40. The summed E-state index contributed by atoms with van der Waals surface area (Å²) in [7, 11) is 2.14. The van der Waals surface area contributed by atoms with Crippen LogP contribution >= 0.6 is 0 Å². The molecule has 294 valence electrons. The lowest BCUT2D eigenvalue weighted by Gasteiger charge is -2.26. The van der Waals surface area contributed by atoms with Gasteiger partial charge in [0.2, 0.25) is 0 Å². The van der Waals surface area contributed by atoms with Gasteiger partial charge >= 0.3 is 0 Å². The Morgan fingerprint density at radius 1 is 0.323 bits per heavy atom. The van der Waals surface area contributed by atoms with E-state index in [9.17, 15) is 0 Å². The summed E-state index contributed by atoms with van der Waals surface area (Å²) >= 11 is 0. The van der Waals surface area contributed by atoms with Crippen molar-refractivity contribution in [2.75, 3.05) is 16.8 Å². The molecule has 11 aromatic rings. The number of rotatable bonds is 9. The maximum atomic E-state index is 2.37. The molecule has 3 nitrogen and oxygen atoms in total. The zero-order chi connectivity index (χ0) is 41.4. The van der Waals surface area contributed by atoms with E-state index in [1.165, 1.54) is 71.6 Å². The smallest absolute Gasteiger partial charge is 0.0541 e. The summed E-state index contributed by atoms with van der Waals surface area (Å²) in [5, 5.41) is 4.98. The molecule has 0 amide bonds. The van der Waals surface area contributed by atoms with Crippen LogP contribution in [0.1, 0.15) is 0 Å². The molecule has 1 aromatic heterocycles. The van der Waals surface area contributed by atoms with E-state index in [1.54, 1.807) is 0 Å². The summed E-state index contributed by atoms with van der Waals surface area (Å²) in [5.41, 5.74) is 16.3. The van der Waals surface area contributed by atoms with E-state index in [1.807, 2.05) is 0 Å². The lowest BCUT2D eigenvalue weighted by molar-refractivity contribution is 1.18. The van der Waals surface area contributed by atoms with E-state index in [0.717, 1.165) is 28.4 Å². The van der Waals surface area contributed by atoms with Gasteiger partial charge in [0.05, 0.1) is 11.0 Å². The van der Waals surface area contributed by atoms with Crippen LogP contribution in [0.3, 0.4) is 0 Å². The topological polar surface area (TPSA) is 11.4 Å². The highest BCUT2D eigenvalue weighted by Gasteiger charge is 2.16. The zero-order valence-electron chi connectivity index (χ0n) is 34.4. The van der Waals surface area contributed by atoms with Gasteiger partial charge in [-0.15, -0.1) is 0 Å². The molecule has 10 aromatic carbocycles. The van der Waals surface area contributed by atoms with Crippen molar-refractivity contribution in [1.82, 2.24) is 4.57 Å². The average Bonchev–Trinajstić information content (AvgIpc) is 3.69. The maximum Gasteiger partial charge on any atom is 0.0541 e.